The Morgan fingerprint density at radius 3 is 2.70 bits per heavy atom. The maximum Gasteiger partial charge on any atom is 0.272 e. The van der Waals surface area contributed by atoms with Gasteiger partial charge in [0.25, 0.3) is 10.0 Å². The molecule has 0 aliphatic carbocycles. The molecule has 0 radical (unpaired) electrons. The highest BCUT2D eigenvalue weighted by molar-refractivity contribution is 7.90. The van der Waals surface area contributed by atoms with E-state index in [2.05, 4.69) is 4.98 Å². The molecule has 20 heavy (non-hydrogen) atoms. The van der Waals surface area contributed by atoms with Crippen LogP contribution in [0.15, 0.2) is 29.4 Å². The van der Waals surface area contributed by atoms with Crippen molar-refractivity contribution in [3.8, 4) is 5.75 Å². The Labute approximate surface area is 123 Å². The normalized spacial score (nSPS) is 11.6. The molecule has 7 heteroatoms. The molecule has 0 bridgehead atoms. The minimum Gasteiger partial charge on any atom is -0.495 e. The zero-order chi connectivity index (χ0) is 14.9. The smallest absolute Gasteiger partial charge is 0.272 e. The summed E-state index contributed by atoms with van der Waals surface area (Å²) in [6, 6.07) is 3.02. The molecule has 0 saturated carbocycles. The van der Waals surface area contributed by atoms with Gasteiger partial charge in [0.15, 0.2) is 0 Å². The van der Waals surface area contributed by atoms with E-state index in [0.717, 1.165) is 9.54 Å². The highest BCUT2D eigenvalue weighted by Crippen LogP contribution is 2.31. The first-order valence-corrected chi connectivity index (χ1v) is 7.85. The lowest BCUT2D eigenvalue weighted by Gasteiger charge is -2.13. The second-order valence-corrected chi connectivity index (χ2v) is 6.44. The van der Waals surface area contributed by atoms with Crippen molar-refractivity contribution in [1.82, 2.24) is 8.96 Å². The van der Waals surface area contributed by atoms with E-state index in [1.165, 1.54) is 25.6 Å². The number of rotatable bonds is 4. The Morgan fingerprint density at radius 1 is 1.40 bits per heavy atom. The molecule has 2 aromatic rings. The summed E-state index contributed by atoms with van der Waals surface area (Å²) in [4.78, 5) is 4.06. The molecule has 2 rings (SSSR count). The molecule has 0 saturated heterocycles. The van der Waals surface area contributed by atoms with Crippen LogP contribution in [0.1, 0.15) is 18.3 Å². The summed E-state index contributed by atoms with van der Waals surface area (Å²) in [5.41, 5.74) is 0.754. The van der Waals surface area contributed by atoms with Crippen LogP contribution in [0.2, 0.25) is 5.02 Å². The van der Waals surface area contributed by atoms with Gasteiger partial charge in [-0.15, -0.1) is 0 Å². The van der Waals surface area contributed by atoms with Gasteiger partial charge in [-0.05, 0) is 24.6 Å². The fourth-order valence-electron chi connectivity index (χ4n) is 1.89. The van der Waals surface area contributed by atoms with Crippen LogP contribution in [0, 0.1) is 6.92 Å². The molecule has 0 amide bonds. The van der Waals surface area contributed by atoms with E-state index in [1.54, 1.807) is 13.0 Å². The summed E-state index contributed by atoms with van der Waals surface area (Å²) in [5, 5.41) is 0.377. The van der Waals surface area contributed by atoms with Gasteiger partial charge < -0.3 is 4.74 Å². The molecule has 0 unspecified atom stereocenters. The first-order chi connectivity index (χ1) is 9.41. The Kier molecular flexibility index (Phi) is 4.06. The minimum atomic E-state index is -3.78. The van der Waals surface area contributed by atoms with Crippen molar-refractivity contribution in [3.05, 3.63) is 40.9 Å². The maximum atomic E-state index is 12.7. The van der Waals surface area contributed by atoms with Crippen LogP contribution in [0.25, 0.3) is 0 Å². The van der Waals surface area contributed by atoms with Crippen molar-refractivity contribution >= 4 is 21.6 Å². The van der Waals surface area contributed by atoms with Crippen molar-refractivity contribution in [2.45, 2.75) is 25.2 Å². The third-order valence-electron chi connectivity index (χ3n) is 2.98. The van der Waals surface area contributed by atoms with Gasteiger partial charge in [0.2, 0.25) is 0 Å². The number of imidazole rings is 1. The van der Waals surface area contributed by atoms with Gasteiger partial charge >= 0.3 is 0 Å². The minimum absolute atomic E-state index is 0.0308. The van der Waals surface area contributed by atoms with Gasteiger partial charge in [0.1, 0.15) is 16.5 Å². The molecule has 108 valence electrons. The number of halogens is 1. The predicted molar refractivity (Wildman–Crippen MR) is 76.9 cm³/mol. The molecule has 1 aromatic heterocycles. The Balaban J connectivity index is 2.69. The van der Waals surface area contributed by atoms with Crippen molar-refractivity contribution in [3.63, 3.8) is 0 Å². The van der Waals surface area contributed by atoms with Crippen LogP contribution >= 0.6 is 11.6 Å². The number of ether oxygens (including phenoxy) is 1. The summed E-state index contributed by atoms with van der Waals surface area (Å²) >= 11 is 6.04. The molecular weight excluding hydrogens is 300 g/mol. The van der Waals surface area contributed by atoms with Gasteiger partial charge in [-0.2, -0.15) is 0 Å². The summed E-state index contributed by atoms with van der Waals surface area (Å²) in [6.45, 7) is 3.63. The monoisotopic (exact) mass is 314 g/mol. The van der Waals surface area contributed by atoms with Gasteiger partial charge in [0, 0.05) is 23.8 Å². The third kappa shape index (κ3) is 2.41. The van der Waals surface area contributed by atoms with Crippen LogP contribution in [-0.4, -0.2) is 24.5 Å². The lowest BCUT2D eigenvalue weighted by atomic mass is 10.2. The van der Waals surface area contributed by atoms with Gasteiger partial charge in [-0.25, -0.2) is 17.4 Å². The average molecular weight is 315 g/mol. The standard InChI is InChI=1S/C13H15ClN2O3S/c1-4-13-15-5-6-16(13)20(17,18)12-8-10(14)9(2)7-11(12)19-3/h5-8H,4H2,1-3H3. The molecule has 0 atom stereocenters. The Bertz CT molecular complexity index is 738. The molecular formula is C13H15ClN2O3S. The number of nitrogens with zero attached hydrogens (tertiary/aromatic N) is 2. The van der Waals surface area contributed by atoms with Crippen LogP contribution in [-0.2, 0) is 16.4 Å². The molecule has 1 heterocycles. The molecule has 0 aliphatic rings. The highest BCUT2D eigenvalue weighted by atomic mass is 35.5. The lowest BCUT2D eigenvalue weighted by Crippen LogP contribution is -2.16. The highest BCUT2D eigenvalue weighted by Gasteiger charge is 2.24. The Hall–Kier alpha value is -1.53. The van der Waals surface area contributed by atoms with Crippen LogP contribution < -0.4 is 4.74 Å². The zero-order valence-corrected chi connectivity index (χ0v) is 13.0. The van der Waals surface area contributed by atoms with E-state index in [4.69, 9.17) is 16.3 Å². The zero-order valence-electron chi connectivity index (χ0n) is 11.4. The molecule has 0 spiro atoms. The molecule has 0 fully saturated rings. The molecule has 0 N–H and O–H groups in total. The quantitative estimate of drug-likeness (QED) is 0.870. The summed E-state index contributed by atoms with van der Waals surface area (Å²) in [6.07, 6.45) is 3.38. The Morgan fingerprint density at radius 2 is 2.10 bits per heavy atom. The summed E-state index contributed by atoms with van der Waals surface area (Å²) in [5.74, 6) is 0.728. The molecule has 1 aromatic carbocycles. The second-order valence-electron chi connectivity index (χ2n) is 4.25. The van der Waals surface area contributed by atoms with Crippen molar-refractivity contribution in [1.29, 1.82) is 0 Å². The van der Waals surface area contributed by atoms with Crippen molar-refractivity contribution < 1.29 is 13.2 Å². The predicted octanol–water partition coefficient (Wildman–Crippen LogP) is 2.65. The van der Waals surface area contributed by atoms with Gasteiger partial charge in [-0.3, -0.25) is 0 Å². The number of aromatic nitrogens is 2. The van der Waals surface area contributed by atoms with Gasteiger partial charge in [-0.1, -0.05) is 18.5 Å². The van der Waals surface area contributed by atoms with E-state index in [9.17, 15) is 8.42 Å². The van der Waals surface area contributed by atoms with Crippen molar-refractivity contribution in [2.24, 2.45) is 0 Å². The fraction of sp³-hybridized carbons (Fsp3) is 0.308. The maximum absolute atomic E-state index is 12.7. The molecule has 0 aliphatic heterocycles. The number of methoxy groups -OCH3 is 1. The average Bonchev–Trinajstić information content (AvgIpc) is 2.90. The number of aryl methyl sites for hydroxylation is 2. The summed E-state index contributed by atoms with van der Waals surface area (Å²) in [7, 11) is -2.35. The molecule has 5 nitrogen and oxygen atoms in total. The van der Waals surface area contributed by atoms with E-state index in [1.807, 2.05) is 6.92 Å². The lowest BCUT2D eigenvalue weighted by molar-refractivity contribution is 0.402. The van der Waals surface area contributed by atoms with Crippen molar-refractivity contribution in [2.75, 3.05) is 7.11 Å². The van der Waals surface area contributed by atoms with E-state index >= 15 is 0 Å². The number of hydrogen-bond acceptors (Lipinski definition) is 4. The van der Waals surface area contributed by atoms with E-state index in [-0.39, 0.29) is 10.6 Å². The summed E-state index contributed by atoms with van der Waals surface area (Å²) < 4.78 is 31.7. The first kappa shape index (κ1) is 14.9. The van der Waals surface area contributed by atoms with E-state index < -0.39 is 10.0 Å². The van der Waals surface area contributed by atoms with Gasteiger partial charge in [0.05, 0.1) is 7.11 Å². The van der Waals surface area contributed by atoms with Crippen LogP contribution in [0.3, 0.4) is 0 Å². The third-order valence-corrected chi connectivity index (χ3v) is 5.11. The second kappa shape index (κ2) is 5.46. The topological polar surface area (TPSA) is 61.2 Å². The number of hydrogen-bond donors (Lipinski definition) is 0. The van der Waals surface area contributed by atoms with E-state index in [0.29, 0.717) is 17.3 Å². The van der Waals surface area contributed by atoms with Crippen LogP contribution in [0.4, 0.5) is 0 Å². The fourth-order valence-corrected chi connectivity index (χ4v) is 3.66. The largest absolute Gasteiger partial charge is 0.495 e. The number of benzene rings is 1. The van der Waals surface area contributed by atoms with Crippen LogP contribution in [0.5, 0.6) is 5.75 Å². The first-order valence-electron chi connectivity index (χ1n) is 6.03. The SMILES string of the molecule is CCc1nccn1S(=O)(=O)c1cc(Cl)c(C)cc1OC.